The molecule has 4 rings (SSSR count). The standard InChI is InChI=1S/C19H21N5O2/c1-14-11-21-18(26-14)13-23-10-2-3-16(23)12-24-19(25)5-4-17(22-24)15-6-8-20-9-7-15/h4-9,11,16H,2-3,10,12-13H2,1H3. The summed E-state index contributed by atoms with van der Waals surface area (Å²) >= 11 is 0. The number of oxazole rings is 1. The lowest BCUT2D eigenvalue weighted by molar-refractivity contribution is 0.197. The molecule has 0 aromatic carbocycles. The van der Waals surface area contributed by atoms with E-state index in [4.69, 9.17) is 4.42 Å². The molecule has 3 aromatic rings. The molecule has 1 fully saturated rings. The summed E-state index contributed by atoms with van der Waals surface area (Å²) in [5, 5.41) is 4.56. The second-order valence-electron chi connectivity index (χ2n) is 6.61. The van der Waals surface area contributed by atoms with Crippen molar-refractivity contribution in [3.05, 3.63) is 64.9 Å². The van der Waals surface area contributed by atoms with Gasteiger partial charge in [0.2, 0.25) is 5.89 Å². The Hall–Kier alpha value is -2.80. The first-order valence-corrected chi connectivity index (χ1v) is 8.83. The van der Waals surface area contributed by atoms with Crippen LogP contribution in [0.4, 0.5) is 0 Å². The Morgan fingerprint density at radius 2 is 2.08 bits per heavy atom. The normalized spacial score (nSPS) is 17.7. The zero-order valence-electron chi connectivity index (χ0n) is 14.7. The summed E-state index contributed by atoms with van der Waals surface area (Å²) < 4.78 is 7.17. The van der Waals surface area contributed by atoms with E-state index in [1.54, 1.807) is 35.4 Å². The summed E-state index contributed by atoms with van der Waals surface area (Å²) in [5.74, 6) is 1.54. The van der Waals surface area contributed by atoms with Crippen LogP contribution in [0, 0.1) is 6.92 Å². The van der Waals surface area contributed by atoms with Crippen LogP contribution in [0.1, 0.15) is 24.5 Å². The molecule has 1 unspecified atom stereocenters. The highest BCUT2D eigenvalue weighted by molar-refractivity contribution is 5.56. The van der Waals surface area contributed by atoms with E-state index < -0.39 is 0 Å². The van der Waals surface area contributed by atoms with Gasteiger partial charge in [0, 0.05) is 30.1 Å². The molecule has 0 amide bonds. The molecule has 1 saturated heterocycles. The zero-order valence-corrected chi connectivity index (χ0v) is 14.7. The maximum Gasteiger partial charge on any atom is 0.266 e. The van der Waals surface area contributed by atoms with Crippen LogP contribution in [0.25, 0.3) is 11.3 Å². The van der Waals surface area contributed by atoms with Crippen molar-refractivity contribution in [1.82, 2.24) is 24.6 Å². The van der Waals surface area contributed by atoms with E-state index in [9.17, 15) is 4.79 Å². The molecular weight excluding hydrogens is 330 g/mol. The van der Waals surface area contributed by atoms with Crippen molar-refractivity contribution < 1.29 is 4.42 Å². The summed E-state index contributed by atoms with van der Waals surface area (Å²) in [6.45, 7) is 4.10. The van der Waals surface area contributed by atoms with Crippen LogP contribution >= 0.6 is 0 Å². The van der Waals surface area contributed by atoms with Crippen LogP contribution in [0.2, 0.25) is 0 Å². The van der Waals surface area contributed by atoms with Crippen molar-refractivity contribution in [3.63, 3.8) is 0 Å². The zero-order chi connectivity index (χ0) is 17.9. The van der Waals surface area contributed by atoms with Crippen LogP contribution in [-0.4, -0.2) is 37.2 Å². The molecule has 0 saturated carbocycles. The van der Waals surface area contributed by atoms with E-state index in [-0.39, 0.29) is 11.6 Å². The summed E-state index contributed by atoms with van der Waals surface area (Å²) in [6.07, 6.45) is 7.33. The molecule has 4 heterocycles. The number of hydrogen-bond acceptors (Lipinski definition) is 6. The second-order valence-corrected chi connectivity index (χ2v) is 6.61. The van der Waals surface area contributed by atoms with Crippen LogP contribution in [0.3, 0.4) is 0 Å². The third-order valence-electron chi connectivity index (χ3n) is 4.73. The van der Waals surface area contributed by atoms with E-state index in [1.807, 2.05) is 19.1 Å². The Bertz CT molecular complexity index is 934. The minimum atomic E-state index is -0.0818. The van der Waals surface area contributed by atoms with Gasteiger partial charge in [0.05, 0.1) is 25.0 Å². The molecule has 0 aliphatic carbocycles. The third-order valence-corrected chi connectivity index (χ3v) is 4.73. The van der Waals surface area contributed by atoms with Gasteiger partial charge >= 0.3 is 0 Å². The van der Waals surface area contributed by atoms with E-state index in [0.717, 1.165) is 42.3 Å². The topological polar surface area (TPSA) is 77.1 Å². The molecule has 3 aromatic heterocycles. The fourth-order valence-corrected chi connectivity index (χ4v) is 3.41. The van der Waals surface area contributed by atoms with E-state index in [0.29, 0.717) is 13.1 Å². The third kappa shape index (κ3) is 3.57. The molecule has 7 nitrogen and oxygen atoms in total. The maximum atomic E-state index is 12.3. The van der Waals surface area contributed by atoms with Gasteiger partial charge in [-0.3, -0.25) is 14.7 Å². The summed E-state index contributed by atoms with van der Waals surface area (Å²) in [6, 6.07) is 7.38. The minimum absolute atomic E-state index is 0.0818. The molecule has 7 heteroatoms. The molecular formula is C19H21N5O2. The summed E-state index contributed by atoms with van der Waals surface area (Å²) in [4.78, 5) is 22.9. The van der Waals surface area contributed by atoms with Crippen LogP contribution in [0.5, 0.6) is 0 Å². The fourth-order valence-electron chi connectivity index (χ4n) is 3.41. The Kier molecular flexibility index (Phi) is 4.62. The first kappa shape index (κ1) is 16.7. The lowest BCUT2D eigenvalue weighted by Crippen LogP contribution is -2.36. The van der Waals surface area contributed by atoms with Crippen LogP contribution in [0.15, 0.2) is 52.1 Å². The van der Waals surface area contributed by atoms with E-state index in [1.165, 1.54) is 0 Å². The Morgan fingerprint density at radius 3 is 2.85 bits per heavy atom. The smallest absolute Gasteiger partial charge is 0.266 e. The predicted molar refractivity (Wildman–Crippen MR) is 96.4 cm³/mol. The fraction of sp³-hybridized carbons (Fsp3) is 0.368. The first-order chi connectivity index (χ1) is 12.7. The first-order valence-electron chi connectivity index (χ1n) is 8.83. The molecule has 0 bridgehead atoms. The van der Waals surface area contributed by atoms with Crippen molar-refractivity contribution in [1.29, 1.82) is 0 Å². The average molecular weight is 351 g/mol. The van der Waals surface area contributed by atoms with E-state index >= 15 is 0 Å². The predicted octanol–water partition coefficient (Wildman–Crippen LogP) is 2.27. The van der Waals surface area contributed by atoms with Crippen molar-refractivity contribution >= 4 is 0 Å². The van der Waals surface area contributed by atoms with Gasteiger partial charge in [0.1, 0.15) is 5.76 Å². The number of aryl methyl sites for hydroxylation is 1. The summed E-state index contributed by atoms with van der Waals surface area (Å²) in [7, 11) is 0. The molecule has 0 spiro atoms. The maximum absolute atomic E-state index is 12.3. The molecule has 1 aliphatic rings. The Balaban J connectivity index is 1.53. The number of likely N-dealkylation sites (tertiary alicyclic amines) is 1. The average Bonchev–Trinajstić information content (AvgIpc) is 3.27. The van der Waals surface area contributed by atoms with Gasteiger partial charge in [-0.05, 0) is 44.5 Å². The van der Waals surface area contributed by atoms with Crippen molar-refractivity contribution in [3.8, 4) is 11.3 Å². The SMILES string of the molecule is Cc1cnc(CN2CCCC2Cn2nc(-c3ccncc3)ccc2=O)o1. The molecule has 26 heavy (non-hydrogen) atoms. The minimum Gasteiger partial charge on any atom is -0.445 e. The molecule has 0 radical (unpaired) electrons. The van der Waals surface area contributed by atoms with Crippen LogP contribution < -0.4 is 5.56 Å². The highest BCUT2D eigenvalue weighted by Crippen LogP contribution is 2.21. The number of rotatable bonds is 5. The largest absolute Gasteiger partial charge is 0.445 e. The van der Waals surface area contributed by atoms with Crippen molar-refractivity contribution in [2.75, 3.05) is 6.54 Å². The van der Waals surface area contributed by atoms with Gasteiger partial charge in [-0.2, -0.15) is 5.10 Å². The highest BCUT2D eigenvalue weighted by atomic mass is 16.4. The van der Waals surface area contributed by atoms with Gasteiger partial charge < -0.3 is 4.42 Å². The molecule has 0 N–H and O–H groups in total. The van der Waals surface area contributed by atoms with E-state index in [2.05, 4.69) is 20.0 Å². The number of hydrogen-bond donors (Lipinski definition) is 0. The van der Waals surface area contributed by atoms with Gasteiger partial charge in [-0.25, -0.2) is 9.67 Å². The highest BCUT2D eigenvalue weighted by Gasteiger charge is 2.26. The van der Waals surface area contributed by atoms with Crippen LogP contribution in [-0.2, 0) is 13.1 Å². The second kappa shape index (κ2) is 7.21. The lowest BCUT2D eigenvalue weighted by atomic mass is 10.2. The molecule has 1 aliphatic heterocycles. The van der Waals surface area contributed by atoms with Crippen molar-refractivity contribution in [2.45, 2.75) is 38.9 Å². The molecule has 1 atom stereocenters. The number of pyridine rings is 1. The van der Waals surface area contributed by atoms with Gasteiger partial charge in [0.25, 0.3) is 5.56 Å². The number of nitrogens with zero attached hydrogens (tertiary/aromatic N) is 5. The lowest BCUT2D eigenvalue weighted by Gasteiger charge is -2.23. The quantitative estimate of drug-likeness (QED) is 0.702. The molecule has 134 valence electrons. The van der Waals surface area contributed by atoms with Gasteiger partial charge in [-0.1, -0.05) is 0 Å². The number of aromatic nitrogens is 4. The van der Waals surface area contributed by atoms with Gasteiger partial charge in [-0.15, -0.1) is 0 Å². The monoisotopic (exact) mass is 351 g/mol. The van der Waals surface area contributed by atoms with Crippen molar-refractivity contribution in [2.24, 2.45) is 0 Å². The van der Waals surface area contributed by atoms with Gasteiger partial charge in [0.15, 0.2) is 0 Å². The Labute approximate surface area is 151 Å². The Morgan fingerprint density at radius 1 is 1.23 bits per heavy atom. The summed E-state index contributed by atoms with van der Waals surface area (Å²) in [5.41, 5.74) is 1.65.